The predicted octanol–water partition coefficient (Wildman–Crippen LogP) is 4.98. The van der Waals surface area contributed by atoms with Gasteiger partial charge in [-0.15, -0.1) is 0 Å². The molecule has 0 fully saturated rings. The van der Waals surface area contributed by atoms with Gasteiger partial charge in [-0.1, -0.05) is 0 Å². The van der Waals surface area contributed by atoms with Crippen LogP contribution in [0.3, 0.4) is 0 Å². The summed E-state index contributed by atoms with van der Waals surface area (Å²) in [5, 5.41) is 9.97. The molecule has 104 valence electrons. The van der Waals surface area contributed by atoms with E-state index in [1.54, 1.807) is 13.3 Å². The molecule has 0 aliphatic carbocycles. The molecule has 0 unspecified atom stereocenters. The van der Waals surface area contributed by atoms with E-state index < -0.39 is 0 Å². The summed E-state index contributed by atoms with van der Waals surface area (Å²) < 4.78 is 6.67. The molecule has 2 aromatic carbocycles. The lowest BCUT2D eigenvalue weighted by atomic mass is 10.1. The second-order valence-electron chi connectivity index (χ2n) is 4.26. The molecule has 0 atom stereocenters. The number of methoxy groups -OCH3 is 1. The van der Waals surface area contributed by atoms with E-state index in [1.165, 1.54) is 0 Å². The number of aromatic hydroxyl groups is 1. The Morgan fingerprint density at radius 3 is 2.55 bits per heavy atom. The Balaban J connectivity index is 2.32. The van der Waals surface area contributed by atoms with Crippen LogP contribution in [0.4, 0.5) is 5.69 Å². The zero-order valence-corrected chi connectivity index (χ0v) is 14.2. The molecule has 20 heavy (non-hydrogen) atoms. The maximum atomic E-state index is 9.97. The van der Waals surface area contributed by atoms with Crippen molar-refractivity contribution in [2.45, 2.75) is 6.92 Å². The lowest BCUT2D eigenvalue weighted by molar-refractivity contribution is 0.412. The number of halogens is 2. The molecule has 0 spiro atoms. The summed E-state index contributed by atoms with van der Waals surface area (Å²) in [7, 11) is 1.62. The van der Waals surface area contributed by atoms with E-state index in [4.69, 9.17) is 4.74 Å². The van der Waals surface area contributed by atoms with Crippen LogP contribution in [-0.4, -0.2) is 18.4 Å². The van der Waals surface area contributed by atoms with E-state index in [2.05, 4.69) is 36.9 Å². The van der Waals surface area contributed by atoms with Crippen LogP contribution in [0.2, 0.25) is 0 Å². The first-order valence-corrected chi connectivity index (χ1v) is 7.46. The van der Waals surface area contributed by atoms with E-state index in [9.17, 15) is 5.11 Å². The van der Waals surface area contributed by atoms with Gasteiger partial charge in [0.2, 0.25) is 0 Å². The minimum atomic E-state index is 0.187. The molecule has 2 rings (SSSR count). The third kappa shape index (κ3) is 3.41. The highest BCUT2D eigenvalue weighted by Crippen LogP contribution is 2.31. The van der Waals surface area contributed by atoms with Crippen LogP contribution >= 0.6 is 31.9 Å². The maximum Gasteiger partial charge on any atom is 0.138 e. The average molecular weight is 399 g/mol. The van der Waals surface area contributed by atoms with Crippen molar-refractivity contribution in [1.29, 1.82) is 0 Å². The van der Waals surface area contributed by atoms with E-state index >= 15 is 0 Å². The van der Waals surface area contributed by atoms with Crippen molar-refractivity contribution < 1.29 is 9.84 Å². The number of hydrogen-bond acceptors (Lipinski definition) is 3. The summed E-state index contributed by atoms with van der Waals surface area (Å²) in [4.78, 5) is 4.36. The molecule has 0 radical (unpaired) electrons. The summed E-state index contributed by atoms with van der Waals surface area (Å²) in [6.07, 6.45) is 1.64. The van der Waals surface area contributed by atoms with Crippen LogP contribution in [0, 0.1) is 6.92 Å². The minimum absolute atomic E-state index is 0.187. The molecule has 2 aromatic rings. The third-order valence-electron chi connectivity index (χ3n) is 2.73. The van der Waals surface area contributed by atoms with Crippen molar-refractivity contribution in [2.24, 2.45) is 4.99 Å². The Morgan fingerprint density at radius 2 is 1.90 bits per heavy atom. The van der Waals surface area contributed by atoms with Gasteiger partial charge in [0, 0.05) is 11.8 Å². The molecule has 0 aliphatic heterocycles. The molecule has 0 aromatic heterocycles. The Hall–Kier alpha value is -1.33. The van der Waals surface area contributed by atoms with Crippen molar-refractivity contribution in [3.63, 3.8) is 0 Å². The van der Waals surface area contributed by atoms with Gasteiger partial charge in [0.1, 0.15) is 11.5 Å². The molecule has 5 heteroatoms. The van der Waals surface area contributed by atoms with Gasteiger partial charge in [-0.2, -0.15) is 0 Å². The van der Waals surface area contributed by atoms with Crippen LogP contribution in [0.15, 0.2) is 44.3 Å². The van der Waals surface area contributed by atoms with E-state index in [1.807, 2.05) is 37.3 Å². The fourth-order valence-corrected chi connectivity index (χ4v) is 2.86. The number of benzene rings is 2. The van der Waals surface area contributed by atoms with E-state index in [-0.39, 0.29) is 5.75 Å². The molecule has 0 heterocycles. The van der Waals surface area contributed by atoms with Crippen LogP contribution in [0.1, 0.15) is 11.1 Å². The molecule has 3 nitrogen and oxygen atoms in total. The SMILES string of the molecule is COc1ccc(N=Cc2cc(C)cc(Br)c2O)cc1Br. The number of nitrogens with zero attached hydrogens (tertiary/aromatic N) is 1. The Kier molecular flexibility index (Phi) is 4.83. The fraction of sp³-hybridized carbons (Fsp3) is 0.133. The zero-order valence-electron chi connectivity index (χ0n) is 11.0. The first-order chi connectivity index (χ1) is 9.51. The monoisotopic (exact) mass is 397 g/mol. The van der Waals surface area contributed by atoms with Crippen molar-refractivity contribution in [3.05, 3.63) is 50.4 Å². The van der Waals surface area contributed by atoms with Crippen LogP contribution in [-0.2, 0) is 0 Å². The Labute approximate surface area is 134 Å². The number of phenolic OH excluding ortho intramolecular Hbond substituents is 1. The third-order valence-corrected chi connectivity index (χ3v) is 3.95. The topological polar surface area (TPSA) is 41.8 Å². The molecular formula is C15H13Br2NO2. The number of hydrogen-bond donors (Lipinski definition) is 1. The zero-order chi connectivity index (χ0) is 14.7. The van der Waals surface area contributed by atoms with Gasteiger partial charge in [-0.25, -0.2) is 0 Å². The number of aryl methyl sites for hydroxylation is 1. The molecule has 0 bridgehead atoms. The second kappa shape index (κ2) is 6.41. The average Bonchev–Trinajstić information content (AvgIpc) is 2.41. The predicted molar refractivity (Wildman–Crippen MR) is 88.5 cm³/mol. The summed E-state index contributed by atoms with van der Waals surface area (Å²) in [6, 6.07) is 9.28. The smallest absolute Gasteiger partial charge is 0.138 e. The molecular weight excluding hydrogens is 386 g/mol. The summed E-state index contributed by atoms with van der Waals surface area (Å²) in [5.41, 5.74) is 2.49. The van der Waals surface area contributed by atoms with Gasteiger partial charge in [0.25, 0.3) is 0 Å². The quantitative estimate of drug-likeness (QED) is 0.740. The fourth-order valence-electron chi connectivity index (χ4n) is 1.74. The van der Waals surface area contributed by atoms with Crippen molar-refractivity contribution in [1.82, 2.24) is 0 Å². The Morgan fingerprint density at radius 1 is 1.15 bits per heavy atom. The molecule has 1 N–H and O–H groups in total. The lowest BCUT2D eigenvalue weighted by Crippen LogP contribution is -1.86. The summed E-state index contributed by atoms with van der Waals surface area (Å²) >= 11 is 6.73. The van der Waals surface area contributed by atoms with Gasteiger partial charge in [-0.05, 0) is 74.7 Å². The first kappa shape index (κ1) is 15.1. The molecule has 0 amide bonds. The highest BCUT2D eigenvalue weighted by molar-refractivity contribution is 9.10. The molecule has 0 saturated heterocycles. The number of aliphatic imine (C=N–C) groups is 1. The minimum Gasteiger partial charge on any atom is -0.506 e. The Bertz CT molecular complexity index is 669. The highest BCUT2D eigenvalue weighted by atomic mass is 79.9. The van der Waals surface area contributed by atoms with Crippen molar-refractivity contribution in [2.75, 3.05) is 7.11 Å². The van der Waals surface area contributed by atoms with Crippen molar-refractivity contribution >= 4 is 43.8 Å². The van der Waals surface area contributed by atoms with Gasteiger partial charge in [-0.3, -0.25) is 4.99 Å². The molecule has 0 saturated carbocycles. The van der Waals surface area contributed by atoms with Crippen molar-refractivity contribution in [3.8, 4) is 11.5 Å². The van der Waals surface area contributed by atoms with E-state index in [0.717, 1.165) is 21.5 Å². The normalized spacial score (nSPS) is 11.0. The van der Waals surface area contributed by atoms with E-state index in [0.29, 0.717) is 10.0 Å². The first-order valence-electron chi connectivity index (χ1n) is 5.88. The van der Waals surface area contributed by atoms with Gasteiger partial charge >= 0.3 is 0 Å². The van der Waals surface area contributed by atoms with Gasteiger partial charge in [0.15, 0.2) is 0 Å². The van der Waals surface area contributed by atoms with Crippen LogP contribution in [0.25, 0.3) is 0 Å². The van der Waals surface area contributed by atoms with Crippen LogP contribution in [0.5, 0.6) is 11.5 Å². The number of ether oxygens (including phenoxy) is 1. The largest absolute Gasteiger partial charge is 0.506 e. The second-order valence-corrected chi connectivity index (χ2v) is 5.97. The molecule has 0 aliphatic rings. The number of phenols is 1. The number of rotatable bonds is 3. The highest BCUT2D eigenvalue weighted by Gasteiger charge is 2.05. The summed E-state index contributed by atoms with van der Waals surface area (Å²) in [6.45, 7) is 1.96. The lowest BCUT2D eigenvalue weighted by Gasteiger charge is -2.05. The summed E-state index contributed by atoms with van der Waals surface area (Å²) in [5.74, 6) is 0.942. The maximum absolute atomic E-state index is 9.97. The standard InChI is InChI=1S/C15H13Br2NO2/c1-9-5-10(15(19)13(17)6-9)8-18-11-3-4-14(20-2)12(16)7-11/h3-8,19H,1-2H3. The van der Waals surface area contributed by atoms with Gasteiger partial charge < -0.3 is 9.84 Å². The van der Waals surface area contributed by atoms with Gasteiger partial charge in [0.05, 0.1) is 21.7 Å². The van der Waals surface area contributed by atoms with Crippen LogP contribution < -0.4 is 4.74 Å².